The Hall–Kier alpha value is -2.60. The van der Waals surface area contributed by atoms with E-state index in [0.29, 0.717) is 18.1 Å². The average Bonchev–Trinajstić information content (AvgIpc) is 3.12. The van der Waals surface area contributed by atoms with Gasteiger partial charge >= 0.3 is 0 Å². The van der Waals surface area contributed by atoms with Gasteiger partial charge < -0.3 is 10.1 Å². The molecule has 0 aromatic heterocycles. The van der Waals surface area contributed by atoms with Gasteiger partial charge in [-0.05, 0) is 71.9 Å². The number of carbonyl (C=O) groups excluding carboxylic acids is 1. The Balaban J connectivity index is 1.26. The number of nitrogens with one attached hydrogen (secondary N) is 1. The lowest BCUT2D eigenvalue weighted by molar-refractivity contribution is -0.122. The monoisotopic (exact) mass is 467 g/mol. The SMILES string of the molecule is CC1(C)C2CC[C@]1(C)C(NC(=O)Cc1ccc(OC/C=C/S(=O)(=O)c3ccccc3)cc1)C2. The van der Waals surface area contributed by atoms with Crippen molar-refractivity contribution in [1.29, 1.82) is 0 Å². The van der Waals surface area contributed by atoms with Crippen LogP contribution in [-0.4, -0.2) is 27.0 Å². The second kappa shape index (κ2) is 8.98. The molecule has 1 N–H and O–H groups in total. The van der Waals surface area contributed by atoms with Gasteiger partial charge in [0.2, 0.25) is 5.91 Å². The van der Waals surface area contributed by atoms with E-state index in [-0.39, 0.29) is 34.3 Å². The van der Waals surface area contributed by atoms with E-state index >= 15 is 0 Å². The van der Waals surface area contributed by atoms with E-state index in [1.807, 2.05) is 24.3 Å². The third-order valence-corrected chi connectivity index (χ3v) is 9.59. The van der Waals surface area contributed by atoms with Gasteiger partial charge in [-0.15, -0.1) is 0 Å². The maximum absolute atomic E-state index is 12.7. The van der Waals surface area contributed by atoms with E-state index in [1.165, 1.54) is 24.3 Å². The number of hydrogen-bond acceptors (Lipinski definition) is 4. The molecule has 0 radical (unpaired) electrons. The predicted molar refractivity (Wildman–Crippen MR) is 130 cm³/mol. The molecule has 4 rings (SSSR count). The zero-order valence-corrected chi connectivity index (χ0v) is 20.4. The number of rotatable bonds is 8. The highest BCUT2D eigenvalue weighted by molar-refractivity contribution is 7.94. The van der Waals surface area contributed by atoms with Crippen molar-refractivity contribution >= 4 is 15.7 Å². The number of benzene rings is 2. The molecular formula is C27H33NO4S. The highest BCUT2D eigenvalue weighted by atomic mass is 32.2. The second-order valence-electron chi connectivity index (χ2n) is 10.1. The number of ether oxygens (including phenoxy) is 1. The van der Waals surface area contributed by atoms with Crippen molar-refractivity contribution in [2.45, 2.75) is 57.4 Å². The third kappa shape index (κ3) is 4.72. The number of amides is 1. The van der Waals surface area contributed by atoms with Crippen molar-refractivity contribution in [1.82, 2.24) is 5.32 Å². The van der Waals surface area contributed by atoms with Crippen LogP contribution in [0, 0.1) is 16.7 Å². The van der Waals surface area contributed by atoms with Crippen LogP contribution in [0.2, 0.25) is 0 Å². The topological polar surface area (TPSA) is 72.5 Å². The average molecular weight is 468 g/mol. The first-order valence-corrected chi connectivity index (χ1v) is 13.1. The Labute approximate surface area is 197 Å². The molecule has 2 fully saturated rings. The Bertz CT molecular complexity index is 1120. The first-order valence-electron chi connectivity index (χ1n) is 11.6. The van der Waals surface area contributed by atoms with Gasteiger partial charge in [0.25, 0.3) is 0 Å². The summed E-state index contributed by atoms with van der Waals surface area (Å²) in [4.78, 5) is 13.0. The maximum atomic E-state index is 12.7. The molecule has 2 bridgehead atoms. The minimum absolute atomic E-state index is 0.0623. The first-order chi connectivity index (χ1) is 15.6. The van der Waals surface area contributed by atoms with Crippen molar-refractivity contribution < 1.29 is 17.9 Å². The summed E-state index contributed by atoms with van der Waals surface area (Å²) < 4.78 is 30.1. The molecule has 1 amide bonds. The van der Waals surface area contributed by atoms with E-state index in [2.05, 4.69) is 26.1 Å². The highest BCUT2D eigenvalue weighted by Gasteiger charge is 2.61. The molecule has 2 saturated carbocycles. The van der Waals surface area contributed by atoms with Crippen LogP contribution < -0.4 is 10.1 Å². The zero-order chi connectivity index (χ0) is 23.7. The summed E-state index contributed by atoms with van der Waals surface area (Å²) in [5, 5.41) is 4.47. The first kappa shape index (κ1) is 23.6. The number of fused-ring (bicyclic) bond motifs is 2. The van der Waals surface area contributed by atoms with E-state index in [4.69, 9.17) is 4.74 Å². The molecule has 2 aliphatic carbocycles. The minimum atomic E-state index is -3.47. The Morgan fingerprint density at radius 3 is 2.39 bits per heavy atom. The predicted octanol–water partition coefficient (Wildman–Crippen LogP) is 4.93. The van der Waals surface area contributed by atoms with Crippen LogP contribution in [0.4, 0.5) is 0 Å². The van der Waals surface area contributed by atoms with E-state index in [9.17, 15) is 13.2 Å². The van der Waals surface area contributed by atoms with E-state index in [1.54, 1.807) is 30.3 Å². The molecule has 6 heteroatoms. The fourth-order valence-electron chi connectivity index (χ4n) is 5.56. The van der Waals surface area contributed by atoms with Crippen LogP contribution in [0.5, 0.6) is 5.75 Å². The summed E-state index contributed by atoms with van der Waals surface area (Å²) in [5.41, 5.74) is 1.38. The molecule has 33 heavy (non-hydrogen) atoms. The van der Waals surface area contributed by atoms with Gasteiger partial charge in [-0.3, -0.25) is 4.79 Å². The standard InChI is InChI=1S/C27H33NO4S/c1-26(2)21-14-15-27(26,3)24(19-21)28-25(29)18-20-10-12-22(13-11-20)32-16-7-17-33(30,31)23-8-5-4-6-9-23/h4-13,17,21,24H,14-16,18-19H2,1-3H3,(H,28,29)/b17-7+/t21?,24?,27-/m1/s1. The highest BCUT2D eigenvalue weighted by Crippen LogP contribution is 2.65. The van der Waals surface area contributed by atoms with Crippen LogP contribution in [0.3, 0.4) is 0 Å². The number of sulfone groups is 1. The van der Waals surface area contributed by atoms with Crippen molar-refractivity contribution in [2.75, 3.05) is 6.61 Å². The van der Waals surface area contributed by atoms with Gasteiger partial charge in [-0.1, -0.05) is 51.1 Å². The van der Waals surface area contributed by atoms with Crippen LogP contribution in [0.1, 0.15) is 45.6 Å². The normalized spacial score (nSPS) is 25.9. The molecule has 176 valence electrons. The molecule has 2 aromatic carbocycles. The molecule has 2 aromatic rings. The molecule has 0 heterocycles. The molecule has 5 nitrogen and oxygen atoms in total. The summed E-state index contributed by atoms with van der Waals surface area (Å²) >= 11 is 0. The lowest BCUT2D eigenvalue weighted by atomic mass is 9.69. The molecule has 2 unspecified atom stereocenters. The van der Waals surface area contributed by atoms with Gasteiger partial charge in [-0.2, -0.15) is 0 Å². The van der Waals surface area contributed by atoms with Crippen molar-refractivity contribution in [3.05, 3.63) is 71.6 Å². The number of hydrogen-bond donors (Lipinski definition) is 1. The smallest absolute Gasteiger partial charge is 0.224 e. The lowest BCUT2D eigenvalue weighted by Gasteiger charge is -2.39. The summed E-state index contributed by atoms with van der Waals surface area (Å²) in [5.74, 6) is 1.39. The molecule has 0 spiro atoms. The molecular weight excluding hydrogens is 434 g/mol. The van der Waals surface area contributed by atoms with Crippen LogP contribution in [0.15, 0.2) is 71.0 Å². The lowest BCUT2D eigenvalue weighted by Crippen LogP contribution is -2.47. The van der Waals surface area contributed by atoms with Gasteiger partial charge in [-0.25, -0.2) is 8.42 Å². The molecule has 0 aliphatic heterocycles. The van der Waals surface area contributed by atoms with E-state index in [0.717, 1.165) is 12.0 Å². The minimum Gasteiger partial charge on any atom is -0.490 e. The third-order valence-electron chi connectivity index (χ3n) is 8.11. The van der Waals surface area contributed by atoms with Crippen molar-refractivity contribution in [3.63, 3.8) is 0 Å². The Morgan fingerprint density at radius 1 is 1.09 bits per heavy atom. The van der Waals surface area contributed by atoms with Crippen LogP contribution >= 0.6 is 0 Å². The van der Waals surface area contributed by atoms with Gasteiger partial charge in [0.05, 0.1) is 11.3 Å². The summed E-state index contributed by atoms with van der Waals surface area (Å²) in [7, 11) is -3.47. The Morgan fingerprint density at radius 2 is 1.79 bits per heavy atom. The van der Waals surface area contributed by atoms with Crippen LogP contribution in [-0.2, 0) is 21.1 Å². The molecule has 3 atom stereocenters. The summed E-state index contributed by atoms with van der Waals surface area (Å²) in [6.07, 6.45) is 5.36. The van der Waals surface area contributed by atoms with Crippen molar-refractivity contribution in [3.8, 4) is 5.75 Å². The van der Waals surface area contributed by atoms with Gasteiger partial charge in [0.15, 0.2) is 9.84 Å². The van der Waals surface area contributed by atoms with Crippen LogP contribution in [0.25, 0.3) is 0 Å². The fourth-order valence-corrected chi connectivity index (χ4v) is 6.58. The number of carbonyl (C=O) groups is 1. The fraction of sp³-hybridized carbons (Fsp3) is 0.444. The molecule has 0 saturated heterocycles. The van der Waals surface area contributed by atoms with Crippen molar-refractivity contribution in [2.24, 2.45) is 16.7 Å². The Kier molecular flexibility index (Phi) is 6.41. The second-order valence-corrected chi connectivity index (χ2v) is 11.9. The summed E-state index contributed by atoms with van der Waals surface area (Å²) in [6, 6.07) is 15.9. The van der Waals surface area contributed by atoms with Gasteiger partial charge in [0.1, 0.15) is 12.4 Å². The maximum Gasteiger partial charge on any atom is 0.224 e. The quantitative estimate of drug-likeness (QED) is 0.598. The van der Waals surface area contributed by atoms with E-state index < -0.39 is 9.84 Å². The molecule has 2 aliphatic rings. The van der Waals surface area contributed by atoms with Gasteiger partial charge in [0, 0.05) is 11.4 Å². The zero-order valence-electron chi connectivity index (χ0n) is 19.6. The largest absolute Gasteiger partial charge is 0.490 e. The summed E-state index contributed by atoms with van der Waals surface area (Å²) in [6.45, 7) is 7.17.